The maximum Gasteiger partial charge on any atom is 0.274 e. The molecule has 0 bridgehead atoms. The number of thioether (sulfide) groups is 1. The van der Waals surface area contributed by atoms with E-state index >= 15 is 0 Å². The number of benzene rings is 2. The molecular weight excluding hydrogens is 420 g/mol. The molecule has 0 saturated carbocycles. The second-order valence-corrected chi connectivity index (χ2v) is 8.24. The molecule has 9 heteroatoms. The van der Waals surface area contributed by atoms with Gasteiger partial charge in [0.1, 0.15) is 16.2 Å². The van der Waals surface area contributed by atoms with E-state index in [1.165, 1.54) is 35.5 Å². The average molecular weight is 437 g/mol. The van der Waals surface area contributed by atoms with Crippen molar-refractivity contribution in [1.82, 2.24) is 9.97 Å². The number of amides is 1. The van der Waals surface area contributed by atoms with E-state index in [9.17, 15) is 14.9 Å². The molecule has 7 nitrogen and oxygen atoms in total. The fourth-order valence-electron chi connectivity index (χ4n) is 3.06. The highest BCUT2D eigenvalue weighted by Crippen LogP contribution is 2.37. The number of thiophene rings is 1. The van der Waals surface area contributed by atoms with Crippen LogP contribution in [-0.4, -0.2) is 26.6 Å². The van der Waals surface area contributed by atoms with Gasteiger partial charge >= 0.3 is 0 Å². The Morgan fingerprint density at radius 3 is 2.73 bits per heavy atom. The van der Waals surface area contributed by atoms with Gasteiger partial charge in [-0.05, 0) is 18.6 Å². The van der Waals surface area contributed by atoms with Crippen LogP contribution < -0.4 is 5.32 Å². The highest BCUT2D eigenvalue weighted by Gasteiger charge is 2.17. The average Bonchev–Trinajstić information content (AvgIpc) is 3.19. The number of anilines is 1. The zero-order valence-electron chi connectivity index (χ0n) is 15.9. The quantitative estimate of drug-likeness (QED) is 0.190. The van der Waals surface area contributed by atoms with E-state index < -0.39 is 4.92 Å². The van der Waals surface area contributed by atoms with Crippen LogP contribution in [0, 0.1) is 17.0 Å². The van der Waals surface area contributed by atoms with E-state index in [2.05, 4.69) is 15.3 Å². The number of hydrogen-bond acceptors (Lipinski definition) is 7. The second-order valence-electron chi connectivity index (χ2n) is 6.42. The number of nitro benzene ring substituents is 1. The van der Waals surface area contributed by atoms with Crippen LogP contribution in [0.5, 0.6) is 0 Å². The lowest BCUT2D eigenvalue weighted by atomic mass is 10.1. The van der Waals surface area contributed by atoms with Gasteiger partial charge in [0, 0.05) is 17.0 Å². The van der Waals surface area contributed by atoms with Gasteiger partial charge in [0.05, 0.1) is 27.3 Å². The van der Waals surface area contributed by atoms with Crippen LogP contribution in [0.1, 0.15) is 5.56 Å². The summed E-state index contributed by atoms with van der Waals surface area (Å²) in [5.74, 6) is -0.134. The van der Waals surface area contributed by atoms with Gasteiger partial charge in [0.15, 0.2) is 0 Å². The number of nitro groups is 1. The van der Waals surface area contributed by atoms with Crippen molar-refractivity contribution in [2.45, 2.75) is 11.9 Å². The summed E-state index contributed by atoms with van der Waals surface area (Å²) < 4.78 is 0. The van der Waals surface area contributed by atoms with Gasteiger partial charge in [-0.15, -0.1) is 11.3 Å². The minimum Gasteiger partial charge on any atom is -0.325 e. The Labute approximate surface area is 180 Å². The van der Waals surface area contributed by atoms with Gasteiger partial charge in [-0.2, -0.15) is 0 Å². The number of aromatic nitrogens is 2. The first kappa shape index (κ1) is 20.0. The second kappa shape index (κ2) is 8.60. The number of fused-ring (bicyclic) bond motifs is 1. The van der Waals surface area contributed by atoms with E-state index in [0.717, 1.165) is 26.4 Å². The topological polar surface area (TPSA) is 98.0 Å². The standard InChI is InChI=1S/C21H16N4O3S2/c1-13-16(8-5-9-17(13)25(27)28)24-18(26)11-30-21-19-15(14-6-3-2-4-7-14)10-29-20(19)22-12-23-21/h2-10,12H,11H2,1H3,(H,24,26). The maximum atomic E-state index is 12.5. The van der Waals surface area contributed by atoms with Crippen molar-refractivity contribution >= 4 is 50.6 Å². The summed E-state index contributed by atoms with van der Waals surface area (Å²) >= 11 is 2.85. The zero-order chi connectivity index (χ0) is 21.1. The molecule has 1 amide bonds. The van der Waals surface area contributed by atoms with E-state index in [1.807, 2.05) is 35.7 Å². The molecule has 4 aromatic rings. The minimum absolute atomic E-state index is 0.0243. The highest BCUT2D eigenvalue weighted by atomic mass is 32.2. The van der Waals surface area contributed by atoms with Crippen LogP contribution in [-0.2, 0) is 4.79 Å². The van der Waals surface area contributed by atoms with Gasteiger partial charge in [-0.25, -0.2) is 9.97 Å². The molecule has 4 rings (SSSR count). The van der Waals surface area contributed by atoms with Crippen LogP contribution >= 0.6 is 23.1 Å². The molecule has 0 aliphatic carbocycles. The Morgan fingerprint density at radius 1 is 1.17 bits per heavy atom. The lowest BCUT2D eigenvalue weighted by molar-refractivity contribution is -0.385. The first-order chi connectivity index (χ1) is 14.5. The lowest BCUT2D eigenvalue weighted by Gasteiger charge is -2.09. The fourth-order valence-corrected chi connectivity index (χ4v) is 4.86. The summed E-state index contributed by atoms with van der Waals surface area (Å²) in [5, 5.41) is 17.6. The SMILES string of the molecule is Cc1c(NC(=O)CSc2ncnc3scc(-c4ccccc4)c23)cccc1[N+](=O)[O-]. The fraction of sp³-hybridized carbons (Fsp3) is 0.0952. The number of rotatable bonds is 6. The van der Waals surface area contributed by atoms with Crippen molar-refractivity contribution in [3.05, 3.63) is 75.9 Å². The third-order valence-corrected chi connectivity index (χ3v) is 6.41. The molecule has 2 aromatic carbocycles. The van der Waals surface area contributed by atoms with Crippen molar-refractivity contribution in [1.29, 1.82) is 0 Å². The number of nitrogens with one attached hydrogen (secondary N) is 1. The van der Waals surface area contributed by atoms with Crippen molar-refractivity contribution in [2.24, 2.45) is 0 Å². The van der Waals surface area contributed by atoms with E-state index in [0.29, 0.717) is 11.3 Å². The number of hydrogen-bond donors (Lipinski definition) is 1. The number of carbonyl (C=O) groups is 1. The summed E-state index contributed by atoms with van der Waals surface area (Å²) in [7, 11) is 0. The third-order valence-electron chi connectivity index (χ3n) is 4.54. The number of carbonyl (C=O) groups excluding carboxylic acids is 1. The Hall–Kier alpha value is -3.30. The van der Waals surface area contributed by atoms with Crippen molar-refractivity contribution in [3.8, 4) is 11.1 Å². The Morgan fingerprint density at radius 2 is 1.97 bits per heavy atom. The molecule has 0 aliphatic rings. The Balaban J connectivity index is 1.55. The number of nitrogens with zero attached hydrogens (tertiary/aromatic N) is 3. The van der Waals surface area contributed by atoms with Gasteiger partial charge in [-0.1, -0.05) is 48.2 Å². The van der Waals surface area contributed by atoms with E-state index in [-0.39, 0.29) is 17.3 Å². The van der Waals surface area contributed by atoms with Gasteiger partial charge in [0.2, 0.25) is 5.91 Å². The summed E-state index contributed by atoms with van der Waals surface area (Å²) in [6, 6.07) is 14.6. The molecule has 0 radical (unpaired) electrons. The Kier molecular flexibility index (Phi) is 5.73. The Bertz CT molecular complexity index is 1240. The first-order valence-corrected chi connectivity index (χ1v) is 10.9. The predicted octanol–water partition coefficient (Wildman–Crippen LogP) is 5.31. The lowest BCUT2D eigenvalue weighted by Crippen LogP contribution is -2.15. The largest absolute Gasteiger partial charge is 0.325 e. The van der Waals surface area contributed by atoms with Crippen LogP contribution in [0.4, 0.5) is 11.4 Å². The minimum atomic E-state index is -0.459. The molecule has 2 heterocycles. The molecule has 0 atom stereocenters. The first-order valence-electron chi connectivity index (χ1n) is 8.99. The summed E-state index contributed by atoms with van der Waals surface area (Å²) in [4.78, 5) is 32.7. The van der Waals surface area contributed by atoms with Crippen molar-refractivity contribution in [3.63, 3.8) is 0 Å². The molecule has 1 N–H and O–H groups in total. The van der Waals surface area contributed by atoms with Crippen LogP contribution in [0.25, 0.3) is 21.3 Å². The van der Waals surface area contributed by atoms with E-state index in [4.69, 9.17) is 0 Å². The smallest absolute Gasteiger partial charge is 0.274 e. The third kappa shape index (κ3) is 4.03. The van der Waals surface area contributed by atoms with Gasteiger partial charge in [-0.3, -0.25) is 14.9 Å². The molecule has 0 saturated heterocycles. The summed E-state index contributed by atoms with van der Waals surface area (Å²) in [6.07, 6.45) is 1.50. The van der Waals surface area contributed by atoms with Crippen molar-refractivity contribution in [2.75, 3.05) is 11.1 Å². The normalized spacial score (nSPS) is 10.8. The highest BCUT2D eigenvalue weighted by molar-refractivity contribution is 8.00. The molecule has 0 fully saturated rings. The van der Waals surface area contributed by atoms with Crippen LogP contribution in [0.3, 0.4) is 0 Å². The van der Waals surface area contributed by atoms with Crippen LogP contribution in [0.2, 0.25) is 0 Å². The molecule has 2 aromatic heterocycles. The zero-order valence-corrected chi connectivity index (χ0v) is 17.5. The van der Waals surface area contributed by atoms with Gasteiger partial charge < -0.3 is 5.32 Å². The molecule has 0 unspecified atom stereocenters. The molecule has 0 spiro atoms. The summed E-state index contributed by atoms with van der Waals surface area (Å²) in [5.41, 5.74) is 2.94. The molecular formula is C21H16N4O3S2. The predicted molar refractivity (Wildman–Crippen MR) is 120 cm³/mol. The summed E-state index contributed by atoms with van der Waals surface area (Å²) in [6.45, 7) is 1.62. The molecule has 150 valence electrons. The molecule has 30 heavy (non-hydrogen) atoms. The van der Waals surface area contributed by atoms with Crippen LogP contribution in [0.15, 0.2) is 65.3 Å². The van der Waals surface area contributed by atoms with E-state index in [1.54, 1.807) is 19.1 Å². The monoisotopic (exact) mass is 436 g/mol. The van der Waals surface area contributed by atoms with Gasteiger partial charge in [0.25, 0.3) is 5.69 Å². The van der Waals surface area contributed by atoms with Crippen molar-refractivity contribution < 1.29 is 9.72 Å². The molecule has 0 aliphatic heterocycles. The maximum absolute atomic E-state index is 12.5.